The van der Waals surface area contributed by atoms with Gasteiger partial charge in [-0.2, -0.15) is 0 Å². The molecular formula is C11H16N2O2. The average Bonchev–Trinajstić information content (AvgIpc) is 2.17. The number of carbonyl (C=O) groups excluding carboxylic acids is 1. The first-order valence-electron chi connectivity index (χ1n) is 4.90. The largest absolute Gasteiger partial charge is 0.381 e. The molecule has 0 amide bonds. The number of nitrogens with zero attached hydrogens (tertiary/aromatic N) is 2. The number of hydrogen-bond donors (Lipinski definition) is 0. The number of aryl methyl sites for hydroxylation is 1. The van der Waals surface area contributed by atoms with E-state index in [1.54, 1.807) is 13.3 Å². The van der Waals surface area contributed by atoms with Crippen molar-refractivity contribution in [2.45, 2.75) is 33.3 Å². The number of ether oxygens (including phenoxy) is 1. The van der Waals surface area contributed by atoms with Crippen LogP contribution < -0.4 is 0 Å². The van der Waals surface area contributed by atoms with Gasteiger partial charge in [-0.05, 0) is 20.8 Å². The molecule has 0 spiro atoms. The van der Waals surface area contributed by atoms with E-state index in [-0.39, 0.29) is 11.9 Å². The lowest BCUT2D eigenvalue weighted by Gasteiger charge is -2.09. The Hall–Kier alpha value is -1.29. The van der Waals surface area contributed by atoms with Crippen molar-refractivity contribution in [2.24, 2.45) is 0 Å². The first kappa shape index (κ1) is 11.8. The van der Waals surface area contributed by atoms with Crippen molar-refractivity contribution in [3.05, 3.63) is 23.3 Å². The zero-order valence-electron chi connectivity index (χ0n) is 9.57. The lowest BCUT2D eigenvalue weighted by molar-refractivity contribution is 0.101. The number of rotatable bonds is 4. The third-order valence-corrected chi connectivity index (χ3v) is 2.28. The fraction of sp³-hybridized carbons (Fsp3) is 0.545. The maximum absolute atomic E-state index is 11.2. The molecule has 0 aliphatic rings. The molecule has 0 saturated heterocycles. The van der Waals surface area contributed by atoms with Crippen LogP contribution >= 0.6 is 0 Å². The number of Topliss-reactive ketones (excluding diaryl/α,β-unsaturated/α-hetero) is 1. The van der Waals surface area contributed by atoms with Gasteiger partial charge in [0, 0.05) is 19.7 Å². The van der Waals surface area contributed by atoms with Gasteiger partial charge in [-0.3, -0.25) is 4.79 Å². The topological polar surface area (TPSA) is 52.1 Å². The quantitative estimate of drug-likeness (QED) is 0.705. The van der Waals surface area contributed by atoms with Crippen LogP contribution in [-0.4, -0.2) is 29.0 Å². The van der Waals surface area contributed by atoms with E-state index in [1.165, 1.54) is 6.92 Å². The molecule has 0 radical (unpaired) electrons. The summed E-state index contributed by atoms with van der Waals surface area (Å²) in [6.07, 6.45) is 2.34. The number of hydrogen-bond acceptors (Lipinski definition) is 4. The summed E-state index contributed by atoms with van der Waals surface area (Å²) >= 11 is 0. The molecule has 0 aliphatic carbocycles. The summed E-state index contributed by atoms with van der Waals surface area (Å²) in [5.74, 6) is 0.714. The first-order chi connectivity index (χ1) is 7.04. The van der Waals surface area contributed by atoms with Gasteiger partial charge in [0.1, 0.15) is 5.82 Å². The van der Waals surface area contributed by atoms with Crippen molar-refractivity contribution in [1.29, 1.82) is 0 Å². The van der Waals surface area contributed by atoms with E-state index in [4.69, 9.17) is 4.74 Å². The fourth-order valence-electron chi connectivity index (χ4n) is 1.30. The van der Waals surface area contributed by atoms with Crippen LogP contribution in [-0.2, 0) is 11.2 Å². The molecule has 0 fully saturated rings. The van der Waals surface area contributed by atoms with Gasteiger partial charge in [0.2, 0.25) is 0 Å². The molecule has 0 N–H and O–H groups in total. The predicted octanol–water partition coefficient (Wildman–Crippen LogP) is 1.57. The van der Waals surface area contributed by atoms with Crippen molar-refractivity contribution in [3.8, 4) is 0 Å². The average molecular weight is 208 g/mol. The van der Waals surface area contributed by atoms with Crippen LogP contribution in [0.3, 0.4) is 0 Å². The van der Waals surface area contributed by atoms with E-state index in [2.05, 4.69) is 9.97 Å². The standard InChI is InChI=1S/C11H16N2O2/c1-7(15-4)5-11-12-6-10(9(3)14)8(2)13-11/h6-7H,5H2,1-4H3. The summed E-state index contributed by atoms with van der Waals surface area (Å²) in [6.45, 7) is 5.29. The van der Waals surface area contributed by atoms with Crippen molar-refractivity contribution in [3.63, 3.8) is 0 Å². The van der Waals surface area contributed by atoms with Gasteiger partial charge < -0.3 is 4.74 Å². The molecule has 1 aromatic heterocycles. The van der Waals surface area contributed by atoms with Crippen molar-refractivity contribution < 1.29 is 9.53 Å². The molecule has 4 nitrogen and oxygen atoms in total. The molecule has 1 unspecified atom stereocenters. The van der Waals surface area contributed by atoms with Gasteiger partial charge in [-0.25, -0.2) is 9.97 Å². The molecule has 1 aromatic rings. The fourth-order valence-corrected chi connectivity index (χ4v) is 1.30. The van der Waals surface area contributed by atoms with E-state index < -0.39 is 0 Å². The summed E-state index contributed by atoms with van der Waals surface area (Å²) in [4.78, 5) is 19.6. The maximum atomic E-state index is 11.2. The van der Waals surface area contributed by atoms with Gasteiger partial charge in [0.15, 0.2) is 5.78 Å². The number of carbonyl (C=O) groups is 1. The minimum atomic E-state index is -0.00107. The van der Waals surface area contributed by atoms with Crippen LogP contribution in [0.4, 0.5) is 0 Å². The highest BCUT2D eigenvalue weighted by Gasteiger charge is 2.09. The van der Waals surface area contributed by atoms with Crippen LogP contribution in [0.25, 0.3) is 0 Å². The minimum Gasteiger partial charge on any atom is -0.381 e. The second-order valence-corrected chi connectivity index (χ2v) is 3.59. The summed E-state index contributed by atoms with van der Waals surface area (Å²) < 4.78 is 5.12. The molecule has 0 bridgehead atoms. The molecular weight excluding hydrogens is 192 g/mol. The second-order valence-electron chi connectivity index (χ2n) is 3.59. The van der Waals surface area contributed by atoms with Crippen molar-refractivity contribution >= 4 is 5.78 Å². The Labute approximate surface area is 89.7 Å². The predicted molar refractivity (Wildman–Crippen MR) is 56.9 cm³/mol. The zero-order chi connectivity index (χ0) is 11.4. The van der Waals surface area contributed by atoms with E-state index in [0.29, 0.717) is 17.8 Å². The van der Waals surface area contributed by atoms with Crippen LogP contribution in [0.5, 0.6) is 0 Å². The van der Waals surface area contributed by atoms with Gasteiger partial charge in [-0.1, -0.05) is 0 Å². The van der Waals surface area contributed by atoms with Crippen molar-refractivity contribution in [1.82, 2.24) is 9.97 Å². The molecule has 0 aliphatic heterocycles. The Morgan fingerprint density at radius 3 is 2.73 bits per heavy atom. The van der Waals surface area contributed by atoms with Gasteiger partial charge >= 0.3 is 0 Å². The molecule has 15 heavy (non-hydrogen) atoms. The summed E-state index contributed by atoms with van der Waals surface area (Å²) in [5.41, 5.74) is 1.32. The van der Waals surface area contributed by atoms with Gasteiger partial charge in [0.05, 0.1) is 17.4 Å². The van der Waals surface area contributed by atoms with Crippen LogP contribution in [0.2, 0.25) is 0 Å². The number of methoxy groups -OCH3 is 1. The highest BCUT2D eigenvalue weighted by molar-refractivity contribution is 5.94. The molecule has 1 heterocycles. The molecule has 0 aromatic carbocycles. The highest BCUT2D eigenvalue weighted by atomic mass is 16.5. The van der Waals surface area contributed by atoms with E-state index in [9.17, 15) is 4.79 Å². The van der Waals surface area contributed by atoms with Gasteiger partial charge in [0.25, 0.3) is 0 Å². The van der Waals surface area contributed by atoms with Crippen LogP contribution in [0.1, 0.15) is 35.7 Å². The highest BCUT2D eigenvalue weighted by Crippen LogP contribution is 2.06. The Balaban J connectivity index is 2.87. The molecule has 1 atom stereocenters. The zero-order valence-corrected chi connectivity index (χ0v) is 9.57. The Kier molecular flexibility index (Phi) is 3.91. The normalized spacial score (nSPS) is 12.5. The summed E-state index contributed by atoms with van der Waals surface area (Å²) in [6, 6.07) is 0. The Morgan fingerprint density at radius 1 is 1.60 bits per heavy atom. The summed E-state index contributed by atoms with van der Waals surface area (Å²) in [5, 5.41) is 0. The monoisotopic (exact) mass is 208 g/mol. The molecule has 4 heteroatoms. The Morgan fingerprint density at radius 2 is 2.27 bits per heavy atom. The smallest absolute Gasteiger partial charge is 0.163 e. The second kappa shape index (κ2) is 4.98. The van der Waals surface area contributed by atoms with E-state index >= 15 is 0 Å². The van der Waals surface area contributed by atoms with Gasteiger partial charge in [-0.15, -0.1) is 0 Å². The molecule has 1 rings (SSSR count). The van der Waals surface area contributed by atoms with Crippen molar-refractivity contribution in [2.75, 3.05) is 7.11 Å². The first-order valence-corrected chi connectivity index (χ1v) is 4.90. The van der Waals surface area contributed by atoms with E-state index in [1.807, 2.05) is 13.8 Å². The van der Waals surface area contributed by atoms with Crippen LogP contribution in [0, 0.1) is 6.92 Å². The number of aromatic nitrogens is 2. The third-order valence-electron chi connectivity index (χ3n) is 2.28. The maximum Gasteiger partial charge on any atom is 0.163 e. The van der Waals surface area contributed by atoms with Crippen LogP contribution in [0.15, 0.2) is 6.20 Å². The third kappa shape index (κ3) is 3.09. The summed E-state index contributed by atoms with van der Waals surface area (Å²) in [7, 11) is 1.65. The Bertz CT molecular complexity index is 364. The lowest BCUT2D eigenvalue weighted by atomic mass is 10.1. The minimum absolute atomic E-state index is 0.00107. The number of ketones is 1. The lowest BCUT2D eigenvalue weighted by Crippen LogP contribution is -2.13. The SMILES string of the molecule is COC(C)Cc1ncc(C(C)=O)c(C)n1. The molecule has 0 saturated carbocycles. The molecule has 82 valence electrons. The van der Waals surface area contributed by atoms with E-state index in [0.717, 1.165) is 5.69 Å².